The summed E-state index contributed by atoms with van der Waals surface area (Å²) in [5.74, 6) is 0.243. The molecule has 2 aliphatic rings. The second-order valence-corrected chi connectivity index (χ2v) is 8.08. The van der Waals surface area contributed by atoms with Gasteiger partial charge in [-0.05, 0) is 43.4 Å². The van der Waals surface area contributed by atoms with Crippen molar-refractivity contribution in [2.24, 2.45) is 17.1 Å². The van der Waals surface area contributed by atoms with Crippen molar-refractivity contribution in [3.05, 3.63) is 35.6 Å². The topological polar surface area (TPSA) is 55.6 Å². The van der Waals surface area contributed by atoms with Crippen LogP contribution in [-0.4, -0.2) is 42.1 Å². The van der Waals surface area contributed by atoms with E-state index in [0.717, 1.165) is 31.5 Å². The number of nitrogens with zero attached hydrogens (tertiary/aromatic N) is 1. The Hall–Kier alpha value is -1.17. The summed E-state index contributed by atoms with van der Waals surface area (Å²) in [6.45, 7) is 8.14. The van der Waals surface area contributed by atoms with Crippen LogP contribution in [0.4, 0.5) is 4.39 Å². The first kappa shape index (κ1) is 21.1. The van der Waals surface area contributed by atoms with Gasteiger partial charge in [0.25, 0.3) is 0 Å². The summed E-state index contributed by atoms with van der Waals surface area (Å²) in [7, 11) is 0. The van der Waals surface area contributed by atoms with Crippen LogP contribution in [0.2, 0.25) is 0 Å². The third kappa shape index (κ3) is 3.62. The molecule has 4 nitrogen and oxygen atoms in total. The highest BCUT2D eigenvalue weighted by atomic mass is 35.5. The van der Waals surface area contributed by atoms with Gasteiger partial charge in [0.2, 0.25) is 5.91 Å². The minimum absolute atomic E-state index is 0. The molecule has 0 spiro atoms. The summed E-state index contributed by atoms with van der Waals surface area (Å²) >= 11 is 0. The summed E-state index contributed by atoms with van der Waals surface area (Å²) in [4.78, 5) is 15.0. The zero-order valence-electron chi connectivity index (χ0n) is 15.8. The van der Waals surface area contributed by atoms with Gasteiger partial charge in [0.05, 0.1) is 6.10 Å². The Morgan fingerprint density at radius 1 is 1.35 bits per heavy atom. The molecule has 1 aliphatic carbocycles. The van der Waals surface area contributed by atoms with Crippen LogP contribution in [0.15, 0.2) is 24.3 Å². The quantitative estimate of drug-likeness (QED) is 0.848. The second kappa shape index (κ2) is 7.83. The van der Waals surface area contributed by atoms with Crippen LogP contribution in [0.3, 0.4) is 0 Å². The van der Waals surface area contributed by atoms with Crippen molar-refractivity contribution in [2.75, 3.05) is 19.7 Å². The average molecular weight is 385 g/mol. The number of carbonyl (C=O) groups is 1. The third-order valence-electron chi connectivity index (χ3n) is 6.22. The van der Waals surface area contributed by atoms with E-state index in [9.17, 15) is 9.18 Å². The Kier molecular flexibility index (Phi) is 6.36. The first-order valence-corrected chi connectivity index (χ1v) is 9.22. The molecule has 0 bridgehead atoms. The first-order chi connectivity index (χ1) is 11.8. The highest BCUT2D eigenvalue weighted by molar-refractivity contribution is 5.89. The Bertz CT molecular complexity index is 637. The molecular weight excluding hydrogens is 355 g/mol. The number of benzene rings is 1. The minimum atomic E-state index is -0.836. The smallest absolute Gasteiger partial charge is 0.243 e. The third-order valence-corrected chi connectivity index (χ3v) is 6.22. The van der Waals surface area contributed by atoms with E-state index in [1.165, 1.54) is 12.1 Å². The highest BCUT2D eigenvalue weighted by Gasteiger charge is 2.64. The van der Waals surface area contributed by atoms with E-state index in [1.54, 1.807) is 0 Å². The summed E-state index contributed by atoms with van der Waals surface area (Å²) in [6.07, 6.45) is 2.47. The fourth-order valence-electron chi connectivity index (χ4n) is 4.22. The van der Waals surface area contributed by atoms with Crippen LogP contribution in [0.1, 0.15) is 39.2 Å². The van der Waals surface area contributed by atoms with E-state index in [2.05, 4.69) is 0 Å². The van der Waals surface area contributed by atoms with Crippen LogP contribution >= 0.6 is 12.4 Å². The van der Waals surface area contributed by atoms with Gasteiger partial charge in [0.15, 0.2) is 0 Å². The number of likely N-dealkylation sites (tertiary alicyclic amines) is 1. The van der Waals surface area contributed by atoms with Crippen molar-refractivity contribution >= 4 is 18.3 Å². The lowest BCUT2D eigenvalue weighted by atomic mass is 9.54. The number of rotatable bonds is 5. The maximum Gasteiger partial charge on any atom is 0.243 e. The van der Waals surface area contributed by atoms with Crippen LogP contribution in [0, 0.1) is 17.2 Å². The van der Waals surface area contributed by atoms with Gasteiger partial charge in [0, 0.05) is 31.5 Å². The fraction of sp³-hybridized carbons (Fsp3) is 0.650. The fourth-order valence-corrected chi connectivity index (χ4v) is 4.22. The number of amides is 1. The number of hydrogen-bond donors (Lipinski definition) is 1. The zero-order valence-corrected chi connectivity index (χ0v) is 16.7. The van der Waals surface area contributed by atoms with Gasteiger partial charge in [-0.3, -0.25) is 4.79 Å². The largest absolute Gasteiger partial charge is 0.378 e. The molecule has 2 N–H and O–H groups in total. The molecule has 2 fully saturated rings. The van der Waals surface area contributed by atoms with Gasteiger partial charge < -0.3 is 15.4 Å². The molecule has 1 saturated carbocycles. The Morgan fingerprint density at radius 2 is 2.00 bits per heavy atom. The van der Waals surface area contributed by atoms with Crippen LogP contribution in [-0.2, 0) is 16.0 Å². The predicted octanol–water partition coefficient (Wildman–Crippen LogP) is 3.17. The van der Waals surface area contributed by atoms with Crippen molar-refractivity contribution in [3.8, 4) is 0 Å². The maximum atomic E-state index is 13.1. The van der Waals surface area contributed by atoms with Crippen LogP contribution < -0.4 is 5.73 Å². The van der Waals surface area contributed by atoms with Gasteiger partial charge in [0.1, 0.15) is 11.4 Å². The van der Waals surface area contributed by atoms with Gasteiger partial charge in [-0.15, -0.1) is 12.4 Å². The van der Waals surface area contributed by atoms with Gasteiger partial charge in [-0.1, -0.05) is 26.0 Å². The van der Waals surface area contributed by atoms with Gasteiger partial charge in [-0.2, -0.15) is 0 Å². The molecular formula is C20H30ClFN2O2. The molecule has 1 amide bonds. The van der Waals surface area contributed by atoms with Crippen molar-refractivity contribution in [2.45, 2.75) is 51.7 Å². The minimum Gasteiger partial charge on any atom is -0.378 e. The monoisotopic (exact) mass is 384 g/mol. The number of ether oxygens (including phenoxy) is 1. The molecule has 1 aromatic carbocycles. The van der Waals surface area contributed by atoms with E-state index >= 15 is 0 Å². The summed E-state index contributed by atoms with van der Waals surface area (Å²) < 4.78 is 18.8. The first-order valence-electron chi connectivity index (χ1n) is 9.22. The van der Waals surface area contributed by atoms with E-state index in [-0.39, 0.29) is 35.7 Å². The van der Waals surface area contributed by atoms with Crippen molar-refractivity contribution in [1.29, 1.82) is 0 Å². The molecule has 0 radical (unpaired) electrons. The van der Waals surface area contributed by atoms with Crippen molar-refractivity contribution < 1.29 is 13.9 Å². The molecule has 6 heteroatoms. The molecule has 3 unspecified atom stereocenters. The molecule has 1 heterocycles. The van der Waals surface area contributed by atoms with E-state index in [0.29, 0.717) is 18.9 Å². The van der Waals surface area contributed by atoms with Crippen LogP contribution in [0.25, 0.3) is 0 Å². The Labute approximate surface area is 161 Å². The molecule has 0 aromatic heterocycles. The van der Waals surface area contributed by atoms with Gasteiger partial charge in [-0.25, -0.2) is 4.39 Å². The molecule has 1 aliphatic heterocycles. The molecule has 3 rings (SSSR count). The lowest BCUT2D eigenvalue weighted by Crippen LogP contribution is -2.75. The number of carbonyl (C=O) groups excluding carboxylic acids is 1. The molecule has 146 valence electrons. The normalized spacial score (nSPS) is 29.8. The molecule has 1 aromatic rings. The van der Waals surface area contributed by atoms with E-state index in [4.69, 9.17) is 10.5 Å². The second-order valence-electron chi connectivity index (χ2n) is 8.08. The van der Waals surface area contributed by atoms with E-state index < -0.39 is 5.54 Å². The van der Waals surface area contributed by atoms with Crippen molar-refractivity contribution in [3.63, 3.8) is 0 Å². The SMILES string of the molecule is CCOC1CC(N)(C(=O)N2CCC(Cc3ccc(F)cc3)C2)C1(C)C.Cl. The molecule has 3 atom stereocenters. The zero-order chi connectivity index (χ0) is 18.2. The summed E-state index contributed by atoms with van der Waals surface area (Å²) in [6, 6.07) is 6.64. The predicted molar refractivity (Wildman–Crippen MR) is 103 cm³/mol. The van der Waals surface area contributed by atoms with E-state index in [1.807, 2.05) is 37.8 Å². The van der Waals surface area contributed by atoms with Crippen molar-refractivity contribution in [1.82, 2.24) is 4.90 Å². The number of halogens is 2. The molecule has 1 saturated heterocycles. The number of hydrogen-bond acceptors (Lipinski definition) is 3. The summed E-state index contributed by atoms with van der Waals surface area (Å²) in [5, 5.41) is 0. The van der Waals surface area contributed by atoms with Gasteiger partial charge >= 0.3 is 0 Å². The lowest BCUT2D eigenvalue weighted by Gasteiger charge is -2.58. The van der Waals surface area contributed by atoms with Crippen LogP contribution in [0.5, 0.6) is 0 Å². The Morgan fingerprint density at radius 3 is 2.58 bits per heavy atom. The lowest BCUT2D eigenvalue weighted by molar-refractivity contribution is -0.178. The average Bonchev–Trinajstić information content (AvgIpc) is 3.04. The molecule has 26 heavy (non-hydrogen) atoms. The Balaban J connectivity index is 0.00000243. The maximum absolute atomic E-state index is 13.1. The number of nitrogens with two attached hydrogens (primary N) is 1. The summed E-state index contributed by atoms with van der Waals surface area (Å²) in [5.41, 5.74) is 6.45. The standard InChI is InChI=1S/C20H29FN2O2.ClH/c1-4-25-17-12-20(22,19(17,2)3)18(24)23-10-9-15(13-23)11-14-5-7-16(21)8-6-14;/h5-8,15,17H,4,9-13,22H2,1-3H3;1H. The highest BCUT2D eigenvalue weighted by Crippen LogP contribution is 2.51.